The van der Waals surface area contributed by atoms with Gasteiger partial charge >= 0.3 is 0 Å². The highest BCUT2D eigenvalue weighted by atomic mass is 16.2. The average Bonchev–Trinajstić information content (AvgIpc) is 2.34. The fourth-order valence-corrected chi connectivity index (χ4v) is 2.12. The fraction of sp³-hybridized carbons (Fsp3) is 0.385. The number of benzene rings is 1. The van der Waals surface area contributed by atoms with Crippen molar-refractivity contribution < 1.29 is 4.79 Å². The van der Waals surface area contributed by atoms with E-state index in [0.29, 0.717) is 13.0 Å². The van der Waals surface area contributed by atoms with Crippen LogP contribution in [0.4, 0.5) is 5.69 Å². The number of anilines is 1. The largest absolute Gasteiger partial charge is 0.315 e. The van der Waals surface area contributed by atoms with Gasteiger partial charge in [-0.25, -0.2) is 0 Å². The molecule has 0 bridgehead atoms. The van der Waals surface area contributed by atoms with E-state index in [0.717, 1.165) is 17.7 Å². The first kappa shape index (κ1) is 11.5. The quantitative estimate of drug-likeness (QED) is 0.570. The van der Waals surface area contributed by atoms with Crippen LogP contribution in [0.3, 0.4) is 0 Å². The molecule has 4 heteroatoms. The highest BCUT2D eigenvalue weighted by molar-refractivity contribution is 5.95. The third-order valence-corrected chi connectivity index (χ3v) is 3.08. The fourth-order valence-electron chi connectivity index (χ4n) is 2.12. The summed E-state index contributed by atoms with van der Waals surface area (Å²) in [4.78, 5) is 14.8. The zero-order chi connectivity index (χ0) is 12.4. The molecule has 0 atom stereocenters. The second kappa shape index (κ2) is 4.46. The van der Waals surface area contributed by atoms with Crippen molar-refractivity contribution in [1.29, 1.82) is 5.26 Å². The number of hydrogen-bond acceptors (Lipinski definition) is 3. The van der Waals surface area contributed by atoms with Gasteiger partial charge in [-0.05, 0) is 23.6 Å². The Bertz CT molecular complexity index is 490. The molecule has 0 saturated carbocycles. The summed E-state index contributed by atoms with van der Waals surface area (Å²) >= 11 is 0. The van der Waals surface area contributed by atoms with Crippen LogP contribution >= 0.6 is 0 Å². The number of rotatable bonds is 2. The molecular formula is C13H15N3O. The SMILES string of the molecule is CN(C#N)Cc1ccc2c(c1)CCC(=O)N2C. The van der Waals surface area contributed by atoms with Crippen LogP contribution in [0.5, 0.6) is 0 Å². The minimum absolute atomic E-state index is 0.166. The molecule has 0 aromatic heterocycles. The van der Waals surface area contributed by atoms with Crippen LogP contribution in [0.15, 0.2) is 18.2 Å². The lowest BCUT2D eigenvalue weighted by Gasteiger charge is -2.26. The van der Waals surface area contributed by atoms with Gasteiger partial charge < -0.3 is 9.80 Å². The molecule has 4 nitrogen and oxygen atoms in total. The number of aryl methyl sites for hydroxylation is 1. The van der Waals surface area contributed by atoms with Gasteiger partial charge in [-0.15, -0.1) is 0 Å². The summed E-state index contributed by atoms with van der Waals surface area (Å²) in [6, 6.07) is 6.03. The molecule has 0 saturated heterocycles. The number of hydrogen-bond donors (Lipinski definition) is 0. The van der Waals surface area contributed by atoms with Crippen LogP contribution in [-0.4, -0.2) is 24.9 Å². The first-order valence-corrected chi connectivity index (χ1v) is 5.61. The van der Waals surface area contributed by atoms with Crippen LogP contribution in [-0.2, 0) is 17.8 Å². The normalized spacial score (nSPS) is 14.2. The Morgan fingerprint density at radius 3 is 2.94 bits per heavy atom. The van der Waals surface area contributed by atoms with E-state index in [4.69, 9.17) is 5.26 Å². The summed E-state index contributed by atoms with van der Waals surface area (Å²) in [7, 11) is 3.57. The van der Waals surface area contributed by atoms with Crippen molar-refractivity contribution in [3.8, 4) is 6.19 Å². The highest BCUT2D eigenvalue weighted by Crippen LogP contribution is 2.27. The predicted molar refractivity (Wildman–Crippen MR) is 65.3 cm³/mol. The Hall–Kier alpha value is -2.02. The molecule has 17 heavy (non-hydrogen) atoms. The van der Waals surface area contributed by atoms with Gasteiger partial charge in [0.25, 0.3) is 0 Å². The third-order valence-electron chi connectivity index (χ3n) is 3.08. The van der Waals surface area contributed by atoms with E-state index in [2.05, 4.69) is 12.3 Å². The monoisotopic (exact) mass is 229 g/mol. The van der Waals surface area contributed by atoms with Crippen molar-refractivity contribution in [3.05, 3.63) is 29.3 Å². The van der Waals surface area contributed by atoms with Crippen LogP contribution in [0.2, 0.25) is 0 Å². The molecule has 2 rings (SSSR count). The topological polar surface area (TPSA) is 47.3 Å². The zero-order valence-corrected chi connectivity index (χ0v) is 10.1. The molecule has 0 aliphatic carbocycles. The standard InChI is InChI=1S/C13H15N3O/c1-15(9-14)8-10-3-5-12-11(7-10)4-6-13(17)16(12)2/h3,5,7H,4,6,8H2,1-2H3. The van der Waals surface area contributed by atoms with Gasteiger partial charge in [0, 0.05) is 26.2 Å². The molecule has 0 fully saturated rings. The van der Waals surface area contributed by atoms with Gasteiger partial charge in [0.1, 0.15) is 0 Å². The number of fused-ring (bicyclic) bond motifs is 1. The molecule has 0 radical (unpaired) electrons. The van der Waals surface area contributed by atoms with Crippen molar-refractivity contribution >= 4 is 11.6 Å². The molecule has 1 aliphatic heterocycles. The number of nitrogens with zero attached hydrogens (tertiary/aromatic N) is 3. The number of carbonyl (C=O) groups is 1. The van der Waals surface area contributed by atoms with E-state index in [1.807, 2.05) is 12.1 Å². The summed E-state index contributed by atoms with van der Waals surface area (Å²) in [6.07, 6.45) is 3.44. The summed E-state index contributed by atoms with van der Waals surface area (Å²) in [5.41, 5.74) is 3.29. The molecule has 1 aromatic rings. The van der Waals surface area contributed by atoms with Crippen molar-refractivity contribution in [2.75, 3.05) is 19.0 Å². The Morgan fingerprint density at radius 1 is 1.47 bits per heavy atom. The van der Waals surface area contributed by atoms with Gasteiger partial charge in [-0.1, -0.05) is 12.1 Å². The van der Waals surface area contributed by atoms with Gasteiger partial charge in [0.2, 0.25) is 5.91 Å². The van der Waals surface area contributed by atoms with Crippen LogP contribution in [0.1, 0.15) is 17.5 Å². The smallest absolute Gasteiger partial charge is 0.227 e. The second-order valence-electron chi connectivity index (χ2n) is 4.37. The summed E-state index contributed by atoms with van der Waals surface area (Å²) in [5.74, 6) is 0.166. The molecule has 88 valence electrons. The number of nitriles is 1. The zero-order valence-electron chi connectivity index (χ0n) is 10.1. The van der Waals surface area contributed by atoms with Crippen LogP contribution in [0.25, 0.3) is 0 Å². The Balaban J connectivity index is 2.27. The average molecular weight is 229 g/mol. The maximum Gasteiger partial charge on any atom is 0.227 e. The van der Waals surface area contributed by atoms with Crippen molar-refractivity contribution in [1.82, 2.24) is 4.90 Å². The minimum Gasteiger partial charge on any atom is -0.315 e. The maximum atomic E-state index is 11.5. The second-order valence-corrected chi connectivity index (χ2v) is 4.37. The molecule has 1 aliphatic rings. The molecule has 0 spiro atoms. The molecule has 0 unspecified atom stereocenters. The van der Waals surface area contributed by atoms with Gasteiger partial charge in [-0.3, -0.25) is 4.79 Å². The van der Waals surface area contributed by atoms with Crippen LogP contribution < -0.4 is 4.90 Å². The summed E-state index contributed by atoms with van der Waals surface area (Å²) < 4.78 is 0. The first-order valence-electron chi connectivity index (χ1n) is 5.61. The van der Waals surface area contributed by atoms with E-state index >= 15 is 0 Å². The van der Waals surface area contributed by atoms with E-state index in [1.165, 1.54) is 5.56 Å². The minimum atomic E-state index is 0.166. The first-order chi connectivity index (χ1) is 8.11. The van der Waals surface area contributed by atoms with E-state index in [-0.39, 0.29) is 5.91 Å². The lowest BCUT2D eigenvalue weighted by atomic mass is 9.99. The molecule has 1 amide bonds. The molecule has 0 N–H and O–H groups in total. The molecule has 1 aromatic carbocycles. The van der Waals surface area contributed by atoms with Gasteiger partial charge in [-0.2, -0.15) is 5.26 Å². The lowest BCUT2D eigenvalue weighted by molar-refractivity contribution is -0.118. The van der Waals surface area contributed by atoms with E-state index in [9.17, 15) is 4.79 Å². The van der Waals surface area contributed by atoms with Crippen molar-refractivity contribution in [2.24, 2.45) is 0 Å². The Kier molecular flexibility index (Phi) is 3.01. The Morgan fingerprint density at radius 2 is 2.24 bits per heavy atom. The predicted octanol–water partition coefficient (Wildman–Crippen LogP) is 1.51. The highest BCUT2D eigenvalue weighted by Gasteiger charge is 2.20. The van der Waals surface area contributed by atoms with Gasteiger partial charge in [0.05, 0.1) is 6.54 Å². The van der Waals surface area contributed by atoms with Crippen molar-refractivity contribution in [2.45, 2.75) is 19.4 Å². The van der Waals surface area contributed by atoms with Gasteiger partial charge in [0.15, 0.2) is 6.19 Å². The maximum absolute atomic E-state index is 11.5. The third kappa shape index (κ3) is 2.23. The summed E-state index contributed by atoms with van der Waals surface area (Å²) in [5, 5.41) is 8.73. The van der Waals surface area contributed by atoms with Crippen molar-refractivity contribution in [3.63, 3.8) is 0 Å². The molecular weight excluding hydrogens is 214 g/mol. The lowest BCUT2D eigenvalue weighted by Crippen LogP contribution is -2.31. The Labute approximate surface area is 101 Å². The van der Waals surface area contributed by atoms with Crippen LogP contribution in [0, 0.1) is 11.5 Å². The van der Waals surface area contributed by atoms with E-state index < -0.39 is 0 Å². The number of amides is 1. The summed E-state index contributed by atoms with van der Waals surface area (Å²) in [6.45, 7) is 0.613. The number of carbonyl (C=O) groups excluding carboxylic acids is 1. The molecule has 1 heterocycles. The van der Waals surface area contributed by atoms with E-state index in [1.54, 1.807) is 23.9 Å².